The summed E-state index contributed by atoms with van der Waals surface area (Å²) in [4.78, 5) is 26.9. The number of aliphatic hydroxyl groups is 1. The number of benzene rings is 1. The number of carbonyl (C=O) groups excluding carboxylic acids is 2. The van der Waals surface area contributed by atoms with Gasteiger partial charge in [0.05, 0.1) is 29.8 Å². The maximum absolute atomic E-state index is 12.8. The number of nitrogens with zero attached hydrogens (tertiary/aromatic N) is 2. The Morgan fingerprint density at radius 3 is 2.39 bits per heavy atom. The van der Waals surface area contributed by atoms with Gasteiger partial charge in [0.1, 0.15) is 6.04 Å². The number of amides is 2. The second-order valence-corrected chi connectivity index (χ2v) is 8.20. The lowest BCUT2D eigenvalue weighted by atomic mass is 9.86. The van der Waals surface area contributed by atoms with Crippen LogP contribution in [0.4, 0.5) is 0 Å². The number of likely N-dealkylation sites (tertiary alicyclic amines) is 1. The van der Waals surface area contributed by atoms with E-state index < -0.39 is 23.6 Å². The first-order valence-electron chi connectivity index (χ1n) is 9.09. The highest BCUT2D eigenvalue weighted by Gasteiger charge is 2.42. The molecule has 1 aromatic carbocycles. The highest BCUT2D eigenvalue weighted by atomic mass is 35.5. The van der Waals surface area contributed by atoms with Gasteiger partial charge in [-0.1, -0.05) is 32.9 Å². The number of carbonyl (C=O) groups is 2. The molecule has 0 spiro atoms. The third kappa shape index (κ3) is 5.44. The molecule has 0 saturated carbocycles. The molecule has 1 unspecified atom stereocenters. The molecule has 1 heterocycles. The molecule has 0 radical (unpaired) electrons. The number of nitrogens with two attached hydrogens (primary N) is 1. The van der Waals surface area contributed by atoms with Crippen molar-refractivity contribution in [2.75, 3.05) is 6.54 Å². The SMILES string of the molecule is C[C@H](NC(=O)[C@@H]1C[C@@H](O)CN1C(=O)C(N)C(C)(C)C)c1ccc(C#N)cc1.Cl. The Kier molecular flexibility index (Phi) is 8.00. The van der Waals surface area contributed by atoms with Crippen LogP contribution >= 0.6 is 12.4 Å². The van der Waals surface area contributed by atoms with E-state index in [-0.39, 0.29) is 43.2 Å². The van der Waals surface area contributed by atoms with Crippen molar-refractivity contribution in [2.45, 2.75) is 58.3 Å². The van der Waals surface area contributed by atoms with E-state index in [0.717, 1.165) is 5.56 Å². The quantitative estimate of drug-likeness (QED) is 0.697. The first-order chi connectivity index (χ1) is 12.5. The van der Waals surface area contributed by atoms with Gasteiger partial charge in [0.2, 0.25) is 11.8 Å². The topological polar surface area (TPSA) is 119 Å². The zero-order chi connectivity index (χ0) is 20.4. The number of hydrogen-bond acceptors (Lipinski definition) is 5. The second kappa shape index (κ2) is 9.37. The lowest BCUT2D eigenvalue weighted by Gasteiger charge is -2.32. The van der Waals surface area contributed by atoms with Crippen molar-refractivity contribution in [1.82, 2.24) is 10.2 Å². The Morgan fingerprint density at radius 1 is 1.32 bits per heavy atom. The van der Waals surface area contributed by atoms with Gasteiger partial charge < -0.3 is 21.1 Å². The van der Waals surface area contributed by atoms with Crippen LogP contribution in [0.5, 0.6) is 0 Å². The molecule has 1 fully saturated rings. The van der Waals surface area contributed by atoms with Crippen LogP contribution in [0, 0.1) is 16.7 Å². The van der Waals surface area contributed by atoms with Gasteiger partial charge >= 0.3 is 0 Å². The smallest absolute Gasteiger partial charge is 0.243 e. The molecule has 2 rings (SSSR count). The van der Waals surface area contributed by atoms with Gasteiger partial charge in [0.15, 0.2) is 0 Å². The number of halogens is 1. The molecule has 1 aliphatic heterocycles. The Hall–Kier alpha value is -2.14. The number of β-amino-alcohol motifs (C(OH)–C–C–N with tert-alkyl or cyclic N) is 1. The van der Waals surface area contributed by atoms with Gasteiger partial charge in [-0.3, -0.25) is 9.59 Å². The number of rotatable bonds is 4. The predicted octanol–water partition coefficient (Wildman–Crippen LogP) is 1.49. The van der Waals surface area contributed by atoms with Crippen LogP contribution in [0.2, 0.25) is 0 Å². The Labute approximate surface area is 172 Å². The van der Waals surface area contributed by atoms with Gasteiger partial charge in [-0.25, -0.2) is 0 Å². The van der Waals surface area contributed by atoms with E-state index in [0.29, 0.717) is 5.56 Å². The molecule has 1 saturated heterocycles. The van der Waals surface area contributed by atoms with Crippen molar-refractivity contribution in [1.29, 1.82) is 5.26 Å². The number of hydrogen-bond donors (Lipinski definition) is 3. The van der Waals surface area contributed by atoms with E-state index in [1.807, 2.05) is 27.7 Å². The summed E-state index contributed by atoms with van der Waals surface area (Å²) < 4.78 is 0. The lowest BCUT2D eigenvalue weighted by Crippen LogP contribution is -2.55. The zero-order valence-electron chi connectivity index (χ0n) is 16.7. The van der Waals surface area contributed by atoms with Crippen LogP contribution in [0.3, 0.4) is 0 Å². The average Bonchev–Trinajstić information content (AvgIpc) is 3.01. The van der Waals surface area contributed by atoms with Gasteiger partial charge in [0.25, 0.3) is 0 Å². The Bertz CT molecular complexity index is 739. The largest absolute Gasteiger partial charge is 0.391 e. The molecule has 1 aromatic rings. The van der Waals surface area contributed by atoms with Crippen LogP contribution in [0.15, 0.2) is 24.3 Å². The fraction of sp³-hybridized carbons (Fsp3) is 0.550. The first-order valence-corrected chi connectivity index (χ1v) is 9.09. The van der Waals surface area contributed by atoms with E-state index in [1.54, 1.807) is 24.3 Å². The van der Waals surface area contributed by atoms with Crippen molar-refractivity contribution < 1.29 is 14.7 Å². The van der Waals surface area contributed by atoms with Crippen molar-refractivity contribution in [2.24, 2.45) is 11.1 Å². The van der Waals surface area contributed by atoms with Crippen LogP contribution in [-0.2, 0) is 9.59 Å². The molecule has 8 heteroatoms. The normalized spacial score (nSPS) is 21.2. The lowest BCUT2D eigenvalue weighted by molar-refractivity contribution is -0.141. The summed E-state index contributed by atoms with van der Waals surface area (Å²) in [5, 5.41) is 21.8. The van der Waals surface area contributed by atoms with Gasteiger partial charge in [-0.05, 0) is 30.0 Å². The Balaban J connectivity index is 0.00000392. The minimum absolute atomic E-state index is 0. The maximum atomic E-state index is 12.8. The highest BCUT2D eigenvalue weighted by molar-refractivity contribution is 5.91. The van der Waals surface area contributed by atoms with Crippen LogP contribution in [-0.4, -0.2) is 46.6 Å². The number of nitriles is 1. The molecule has 4 N–H and O–H groups in total. The van der Waals surface area contributed by atoms with Crippen molar-refractivity contribution >= 4 is 24.2 Å². The summed E-state index contributed by atoms with van der Waals surface area (Å²) in [6.07, 6.45) is -0.559. The molecule has 2 amide bonds. The van der Waals surface area contributed by atoms with Crippen molar-refractivity contribution in [3.05, 3.63) is 35.4 Å². The summed E-state index contributed by atoms with van der Waals surface area (Å²) in [7, 11) is 0. The monoisotopic (exact) mass is 408 g/mol. The molecule has 7 nitrogen and oxygen atoms in total. The third-order valence-electron chi connectivity index (χ3n) is 4.96. The number of nitrogens with one attached hydrogen (secondary N) is 1. The molecule has 1 aliphatic rings. The van der Waals surface area contributed by atoms with Crippen LogP contribution in [0.1, 0.15) is 51.3 Å². The molecule has 0 bridgehead atoms. The fourth-order valence-corrected chi connectivity index (χ4v) is 3.09. The van der Waals surface area contributed by atoms with Gasteiger partial charge in [-0.15, -0.1) is 12.4 Å². The second-order valence-electron chi connectivity index (χ2n) is 8.20. The number of aliphatic hydroxyl groups excluding tert-OH is 1. The minimum Gasteiger partial charge on any atom is -0.391 e. The zero-order valence-corrected chi connectivity index (χ0v) is 17.5. The van der Waals surface area contributed by atoms with Crippen molar-refractivity contribution in [3.8, 4) is 6.07 Å². The molecule has 0 aromatic heterocycles. The average molecular weight is 409 g/mol. The van der Waals surface area contributed by atoms with Crippen LogP contribution < -0.4 is 11.1 Å². The minimum atomic E-state index is -0.756. The molecule has 0 aliphatic carbocycles. The molecule has 28 heavy (non-hydrogen) atoms. The fourth-order valence-electron chi connectivity index (χ4n) is 3.09. The summed E-state index contributed by atoms with van der Waals surface area (Å²) in [6, 6.07) is 7.20. The summed E-state index contributed by atoms with van der Waals surface area (Å²) >= 11 is 0. The summed E-state index contributed by atoms with van der Waals surface area (Å²) in [5.74, 6) is -0.650. The Morgan fingerprint density at radius 2 is 1.89 bits per heavy atom. The van der Waals surface area contributed by atoms with Gasteiger partial charge in [-0.2, -0.15) is 5.26 Å². The van der Waals surface area contributed by atoms with E-state index in [9.17, 15) is 14.7 Å². The third-order valence-corrected chi connectivity index (χ3v) is 4.96. The van der Waals surface area contributed by atoms with E-state index >= 15 is 0 Å². The molecular formula is C20H29ClN4O3. The summed E-state index contributed by atoms with van der Waals surface area (Å²) in [5.41, 5.74) is 7.03. The van der Waals surface area contributed by atoms with E-state index in [4.69, 9.17) is 11.0 Å². The maximum Gasteiger partial charge on any atom is 0.243 e. The highest BCUT2D eigenvalue weighted by Crippen LogP contribution is 2.25. The molecule has 4 atom stereocenters. The predicted molar refractivity (Wildman–Crippen MR) is 109 cm³/mol. The molecule has 154 valence electrons. The van der Waals surface area contributed by atoms with Crippen LogP contribution in [0.25, 0.3) is 0 Å². The first kappa shape index (κ1) is 23.9. The van der Waals surface area contributed by atoms with E-state index in [1.165, 1.54) is 4.90 Å². The van der Waals surface area contributed by atoms with Crippen molar-refractivity contribution in [3.63, 3.8) is 0 Å². The van der Waals surface area contributed by atoms with Gasteiger partial charge in [0, 0.05) is 13.0 Å². The van der Waals surface area contributed by atoms with E-state index in [2.05, 4.69) is 11.4 Å². The molecular weight excluding hydrogens is 380 g/mol. The standard InChI is InChI=1S/C20H28N4O3.ClH/c1-12(14-7-5-13(10-21)6-8-14)23-18(26)16-9-15(25)11-24(16)19(27)17(22)20(2,3)4;/h5-8,12,15-17,25H,9,11,22H2,1-4H3,(H,23,26);1H/t12-,15+,16-,17?;/m0./s1. The summed E-state index contributed by atoms with van der Waals surface area (Å²) in [6.45, 7) is 7.53.